The third kappa shape index (κ3) is 5.25. The van der Waals surface area contributed by atoms with Gasteiger partial charge in [0.25, 0.3) is 0 Å². The summed E-state index contributed by atoms with van der Waals surface area (Å²) in [7, 11) is -0.401. The molecule has 0 aromatic rings. The van der Waals surface area contributed by atoms with E-state index in [-0.39, 0.29) is 0 Å². The summed E-state index contributed by atoms with van der Waals surface area (Å²) in [4.78, 5) is 0. The molecule has 0 bridgehead atoms. The van der Waals surface area contributed by atoms with Gasteiger partial charge in [-0.25, -0.2) is 10.0 Å². The Balaban J connectivity index is 1.59. The van der Waals surface area contributed by atoms with Gasteiger partial charge >= 0.3 is 0 Å². The maximum atomic E-state index is 2.72. The lowest BCUT2D eigenvalue weighted by atomic mass is 9.76. The molecular formula is C25H48S2. The Morgan fingerprint density at radius 2 is 1.15 bits per heavy atom. The predicted molar refractivity (Wildman–Crippen MR) is 130 cm³/mol. The second-order valence-electron chi connectivity index (χ2n) is 10.4. The van der Waals surface area contributed by atoms with Gasteiger partial charge < -0.3 is 0 Å². The van der Waals surface area contributed by atoms with Crippen LogP contribution < -0.4 is 0 Å². The van der Waals surface area contributed by atoms with Crippen molar-refractivity contribution in [2.24, 2.45) is 5.92 Å². The molecule has 0 radical (unpaired) electrons. The number of hydrogen-bond donors (Lipinski definition) is 0. The SMILES string of the molecule is CCC(CC)(SC1CCCCC1)C1CCC(S(C)(C)C2CCCCC2)CC1. The molecule has 3 fully saturated rings. The van der Waals surface area contributed by atoms with E-state index < -0.39 is 10.0 Å². The standard InChI is InChI=1S/C25H48S2/c1-5-25(6-2,26-22-13-9-7-10-14-22)21-17-19-24(20-18-21)27(3,4)23-15-11-8-12-16-23/h21-24H,5-20H2,1-4H3. The summed E-state index contributed by atoms with van der Waals surface area (Å²) in [6, 6.07) is 0. The van der Waals surface area contributed by atoms with Crippen molar-refractivity contribution in [1.82, 2.24) is 0 Å². The largest absolute Gasteiger partial charge is 0.241 e. The molecule has 2 heteroatoms. The van der Waals surface area contributed by atoms with Crippen LogP contribution in [0, 0.1) is 5.92 Å². The van der Waals surface area contributed by atoms with Crippen molar-refractivity contribution in [3.63, 3.8) is 0 Å². The minimum absolute atomic E-state index is 0.401. The van der Waals surface area contributed by atoms with Crippen molar-refractivity contribution < 1.29 is 0 Å². The lowest BCUT2D eigenvalue weighted by Crippen LogP contribution is -2.40. The Morgan fingerprint density at radius 3 is 1.67 bits per heavy atom. The summed E-state index contributed by atoms with van der Waals surface area (Å²) < 4.78 is 0.595. The lowest BCUT2D eigenvalue weighted by Gasteiger charge is -2.52. The number of rotatable bonds is 7. The van der Waals surface area contributed by atoms with E-state index in [9.17, 15) is 0 Å². The molecule has 0 unspecified atom stereocenters. The van der Waals surface area contributed by atoms with Crippen molar-refractivity contribution in [3.8, 4) is 0 Å². The predicted octanol–water partition coefficient (Wildman–Crippen LogP) is 8.57. The molecule has 3 aliphatic rings. The minimum Gasteiger partial charge on any atom is -0.241 e. The second-order valence-corrected chi connectivity index (χ2v) is 16.4. The summed E-state index contributed by atoms with van der Waals surface area (Å²) in [5.74, 6) is 0.997. The molecule has 0 nitrogen and oxygen atoms in total. The van der Waals surface area contributed by atoms with Crippen molar-refractivity contribution in [2.75, 3.05) is 12.5 Å². The summed E-state index contributed by atoms with van der Waals surface area (Å²) in [5.41, 5.74) is 0. The van der Waals surface area contributed by atoms with Crippen LogP contribution in [0.1, 0.15) is 117 Å². The van der Waals surface area contributed by atoms with Crippen molar-refractivity contribution in [2.45, 2.75) is 137 Å². The van der Waals surface area contributed by atoms with Gasteiger partial charge in [-0.05, 0) is 93.1 Å². The highest BCUT2D eigenvalue weighted by Gasteiger charge is 2.43. The summed E-state index contributed by atoms with van der Waals surface area (Å²) in [5, 5.41) is 3.13. The zero-order valence-corrected chi connectivity index (χ0v) is 20.6. The molecule has 160 valence electrons. The second kappa shape index (κ2) is 10.1. The molecule has 0 atom stereocenters. The fourth-order valence-corrected chi connectivity index (χ4v) is 12.3. The topological polar surface area (TPSA) is 0 Å². The smallest absolute Gasteiger partial charge is 0.0185 e. The first-order valence-electron chi connectivity index (χ1n) is 12.4. The van der Waals surface area contributed by atoms with Gasteiger partial charge in [-0.2, -0.15) is 11.8 Å². The fraction of sp³-hybridized carbons (Fsp3) is 1.00. The Labute approximate surface area is 177 Å². The van der Waals surface area contributed by atoms with Crippen LogP contribution in [-0.2, 0) is 0 Å². The Bertz CT molecular complexity index is 420. The average Bonchev–Trinajstić information content (AvgIpc) is 2.73. The first-order valence-corrected chi connectivity index (χ1v) is 15.9. The minimum atomic E-state index is -0.401. The molecule has 0 N–H and O–H groups in total. The number of hydrogen-bond acceptors (Lipinski definition) is 1. The summed E-state index contributed by atoms with van der Waals surface area (Å²) >= 11 is 2.46. The van der Waals surface area contributed by atoms with E-state index in [0.29, 0.717) is 4.75 Å². The van der Waals surface area contributed by atoms with Gasteiger partial charge in [0, 0.05) is 10.00 Å². The summed E-state index contributed by atoms with van der Waals surface area (Å²) in [6.45, 7) is 5.01. The first kappa shape index (κ1) is 22.4. The molecule has 0 aromatic carbocycles. The fourth-order valence-electron chi connectivity index (χ4n) is 6.75. The van der Waals surface area contributed by atoms with Gasteiger partial charge in [0.2, 0.25) is 0 Å². The average molecular weight is 413 g/mol. The van der Waals surface area contributed by atoms with Crippen LogP contribution in [0.15, 0.2) is 0 Å². The van der Waals surface area contributed by atoms with Crippen LogP contribution in [0.5, 0.6) is 0 Å². The highest BCUT2D eigenvalue weighted by Crippen LogP contribution is 2.60. The maximum absolute atomic E-state index is 2.72. The molecule has 0 heterocycles. The van der Waals surface area contributed by atoms with Crippen LogP contribution in [0.2, 0.25) is 0 Å². The van der Waals surface area contributed by atoms with Gasteiger partial charge in [-0.15, -0.1) is 0 Å². The molecule has 0 aromatic heterocycles. The van der Waals surface area contributed by atoms with Gasteiger partial charge in [0.05, 0.1) is 0 Å². The van der Waals surface area contributed by atoms with Gasteiger partial charge in [0.1, 0.15) is 0 Å². The normalized spacial score (nSPS) is 30.4. The van der Waals surface area contributed by atoms with Crippen LogP contribution in [0.3, 0.4) is 0 Å². The molecule has 0 amide bonds. The van der Waals surface area contributed by atoms with Gasteiger partial charge in [0.15, 0.2) is 0 Å². The van der Waals surface area contributed by atoms with Crippen LogP contribution >= 0.6 is 21.8 Å². The quantitative estimate of drug-likeness (QED) is 0.403. The third-order valence-electron chi connectivity index (χ3n) is 8.84. The molecule has 3 aliphatic carbocycles. The molecular weight excluding hydrogens is 364 g/mol. The van der Waals surface area contributed by atoms with Crippen LogP contribution in [0.4, 0.5) is 0 Å². The van der Waals surface area contributed by atoms with Gasteiger partial charge in [-0.3, -0.25) is 0 Å². The molecule has 0 spiro atoms. The molecule has 0 saturated heterocycles. The molecule has 3 rings (SSSR count). The number of thioether (sulfide) groups is 1. The van der Waals surface area contributed by atoms with E-state index in [1.165, 1.54) is 77.0 Å². The maximum Gasteiger partial charge on any atom is 0.0185 e. The molecule has 0 aliphatic heterocycles. The van der Waals surface area contributed by atoms with E-state index in [4.69, 9.17) is 0 Å². The zero-order valence-electron chi connectivity index (χ0n) is 18.9. The highest BCUT2D eigenvalue weighted by atomic mass is 32.3. The first-order chi connectivity index (χ1) is 13.0. The Morgan fingerprint density at radius 1 is 0.667 bits per heavy atom. The zero-order chi connectivity index (χ0) is 19.3. The molecule has 3 saturated carbocycles. The Kier molecular flexibility index (Phi) is 8.41. The van der Waals surface area contributed by atoms with Crippen molar-refractivity contribution in [3.05, 3.63) is 0 Å². The van der Waals surface area contributed by atoms with Crippen molar-refractivity contribution in [1.29, 1.82) is 0 Å². The summed E-state index contributed by atoms with van der Waals surface area (Å²) in [6.07, 6.45) is 29.5. The van der Waals surface area contributed by atoms with Crippen molar-refractivity contribution >= 4 is 21.8 Å². The lowest BCUT2D eigenvalue weighted by molar-refractivity contribution is 0.267. The van der Waals surface area contributed by atoms with E-state index in [1.54, 1.807) is 25.7 Å². The van der Waals surface area contributed by atoms with E-state index in [1.807, 2.05) is 0 Å². The van der Waals surface area contributed by atoms with E-state index in [2.05, 4.69) is 38.1 Å². The van der Waals surface area contributed by atoms with Crippen LogP contribution in [0.25, 0.3) is 0 Å². The molecule has 27 heavy (non-hydrogen) atoms. The highest BCUT2D eigenvalue weighted by molar-refractivity contribution is 8.33. The van der Waals surface area contributed by atoms with Crippen LogP contribution in [-0.4, -0.2) is 33.0 Å². The van der Waals surface area contributed by atoms with E-state index in [0.717, 1.165) is 21.7 Å². The van der Waals surface area contributed by atoms with Gasteiger partial charge in [-0.1, -0.05) is 52.4 Å². The monoisotopic (exact) mass is 412 g/mol. The Hall–Kier alpha value is 0.700. The third-order valence-corrected chi connectivity index (χ3v) is 15.4. The van der Waals surface area contributed by atoms with E-state index >= 15 is 0 Å².